The lowest BCUT2D eigenvalue weighted by Gasteiger charge is -2.55. The minimum atomic E-state index is -0.249. The summed E-state index contributed by atoms with van der Waals surface area (Å²) in [4.78, 5) is 16.0. The number of benzene rings is 1. The number of carbonyl (C=O) groups is 1. The maximum Gasteiger partial charge on any atom is 0.314 e. The molecule has 2 N–H and O–H groups in total. The highest BCUT2D eigenvalue weighted by atomic mass is 16.2. The van der Waals surface area contributed by atoms with Gasteiger partial charge in [-0.15, -0.1) is 0 Å². The van der Waals surface area contributed by atoms with Crippen LogP contribution in [-0.2, 0) is 0 Å². The number of hydrogen-bond donors (Lipinski definition) is 1. The summed E-state index contributed by atoms with van der Waals surface area (Å²) in [6.45, 7) is 7.56. The fraction of sp³-hybridized carbons (Fsp3) is 0.682. The van der Waals surface area contributed by atoms with Crippen molar-refractivity contribution in [2.45, 2.75) is 70.4 Å². The van der Waals surface area contributed by atoms with Crippen LogP contribution in [0.4, 0.5) is 4.79 Å². The van der Waals surface area contributed by atoms with Gasteiger partial charge in [-0.25, -0.2) is 4.79 Å². The molecule has 1 aromatic rings. The van der Waals surface area contributed by atoms with Gasteiger partial charge in [0.2, 0.25) is 0 Å². The second-order valence-corrected chi connectivity index (χ2v) is 9.07. The van der Waals surface area contributed by atoms with E-state index in [1.165, 1.54) is 37.8 Å². The molecule has 2 heterocycles. The van der Waals surface area contributed by atoms with Crippen molar-refractivity contribution in [1.82, 2.24) is 9.80 Å². The zero-order chi connectivity index (χ0) is 18.3. The van der Waals surface area contributed by atoms with Crippen LogP contribution in [0.3, 0.4) is 0 Å². The van der Waals surface area contributed by atoms with E-state index < -0.39 is 0 Å². The first kappa shape index (κ1) is 17.8. The molecule has 1 spiro atoms. The van der Waals surface area contributed by atoms with Gasteiger partial charge in [0.25, 0.3) is 0 Å². The highest BCUT2D eigenvalue weighted by molar-refractivity contribution is 5.72. The number of primary amides is 1. The number of hydrogen-bond acceptors (Lipinski definition) is 2. The van der Waals surface area contributed by atoms with Gasteiger partial charge >= 0.3 is 6.03 Å². The Bertz CT molecular complexity index is 655. The largest absolute Gasteiger partial charge is 0.351 e. The average molecular weight is 356 g/mol. The van der Waals surface area contributed by atoms with Crippen molar-refractivity contribution >= 4 is 6.03 Å². The van der Waals surface area contributed by atoms with Gasteiger partial charge < -0.3 is 10.6 Å². The molecule has 1 atom stereocenters. The van der Waals surface area contributed by atoms with E-state index in [4.69, 9.17) is 5.73 Å². The lowest BCUT2D eigenvalue weighted by atomic mass is 9.60. The van der Waals surface area contributed by atoms with E-state index in [9.17, 15) is 4.79 Å². The van der Waals surface area contributed by atoms with Crippen LogP contribution in [0.25, 0.3) is 0 Å². The number of carbonyl (C=O) groups excluding carboxylic acids is 1. The highest BCUT2D eigenvalue weighted by Crippen LogP contribution is 2.53. The topological polar surface area (TPSA) is 49.6 Å². The Hall–Kier alpha value is -1.55. The number of likely N-dealkylation sites (tertiary alicyclic amines) is 2. The molecule has 2 aliphatic heterocycles. The van der Waals surface area contributed by atoms with E-state index in [1.807, 2.05) is 4.90 Å². The SMILES string of the molecule is CC(C)c1ccccc1[C@@H]1CCCN1C1CC2(CCN(C(N)=O)CC2)C1. The molecule has 142 valence electrons. The number of piperidine rings is 1. The Morgan fingerprint density at radius 3 is 2.50 bits per heavy atom. The van der Waals surface area contributed by atoms with E-state index >= 15 is 0 Å². The maximum atomic E-state index is 11.4. The quantitative estimate of drug-likeness (QED) is 0.880. The number of urea groups is 1. The van der Waals surface area contributed by atoms with Crippen molar-refractivity contribution in [1.29, 1.82) is 0 Å². The van der Waals surface area contributed by atoms with Crippen LogP contribution >= 0.6 is 0 Å². The predicted molar refractivity (Wildman–Crippen MR) is 105 cm³/mol. The van der Waals surface area contributed by atoms with Crippen LogP contribution in [0.2, 0.25) is 0 Å². The van der Waals surface area contributed by atoms with Gasteiger partial charge in [-0.2, -0.15) is 0 Å². The summed E-state index contributed by atoms with van der Waals surface area (Å²) < 4.78 is 0. The molecule has 0 aromatic heterocycles. The molecule has 0 unspecified atom stereocenters. The van der Waals surface area contributed by atoms with Crippen molar-refractivity contribution in [3.8, 4) is 0 Å². The fourth-order valence-electron chi connectivity index (χ4n) is 5.68. The zero-order valence-corrected chi connectivity index (χ0v) is 16.3. The van der Waals surface area contributed by atoms with Gasteiger partial charge in [0.05, 0.1) is 0 Å². The Labute approximate surface area is 157 Å². The second-order valence-electron chi connectivity index (χ2n) is 9.07. The van der Waals surface area contributed by atoms with E-state index in [2.05, 4.69) is 43.0 Å². The van der Waals surface area contributed by atoms with Crippen molar-refractivity contribution in [2.75, 3.05) is 19.6 Å². The van der Waals surface area contributed by atoms with Crippen molar-refractivity contribution in [3.05, 3.63) is 35.4 Å². The van der Waals surface area contributed by atoms with E-state index in [1.54, 1.807) is 5.56 Å². The van der Waals surface area contributed by atoms with Crippen molar-refractivity contribution in [3.63, 3.8) is 0 Å². The molecule has 0 radical (unpaired) electrons. The maximum absolute atomic E-state index is 11.4. The van der Waals surface area contributed by atoms with Crippen LogP contribution in [-0.4, -0.2) is 41.5 Å². The third-order valence-corrected chi connectivity index (χ3v) is 7.21. The van der Waals surface area contributed by atoms with Gasteiger partial charge in [-0.1, -0.05) is 38.1 Å². The van der Waals surface area contributed by atoms with Crippen LogP contribution in [0, 0.1) is 5.41 Å². The third kappa shape index (κ3) is 3.13. The molecule has 4 nitrogen and oxygen atoms in total. The summed E-state index contributed by atoms with van der Waals surface area (Å²) in [5.74, 6) is 0.583. The number of nitrogens with zero attached hydrogens (tertiary/aromatic N) is 2. The van der Waals surface area contributed by atoms with Gasteiger partial charge in [0, 0.05) is 25.2 Å². The van der Waals surface area contributed by atoms with E-state index in [-0.39, 0.29) is 6.03 Å². The molecule has 1 aliphatic carbocycles. The lowest BCUT2D eigenvalue weighted by molar-refractivity contribution is -0.0406. The molecule has 1 saturated carbocycles. The first-order valence-electron chi connectivity index (χ1n) is 10.4. The summed E-state index contributed by atoms with van der Waals surface area (Å²) in [6.07, 6.45) is 7.49. The smallest absolute Gasteiger partial charge is 0.314 e. The predicted octanol–water partition coefficient (Wildman–Crippen LogP) is 4.27. The molecule has 1 aromatic carbocycles. The lowest BCUT2D eigenvalue weighted by Crippen LogP contribution is -2.56. The summed E-state index contributed by atoms with van der Waals surface area (Å²) in [7, 11) is 0. The Balaban J connectivity index is 1.43. The molecular formula is C22H33N3O. The molecule has 3 fully saturated rings. The Morgan fingerprint density at radius 1 is 1.15 bits per heavy atom. The normalized spacial score (nSPS) is 26.4. The summed E-state index contributed by atoms with van der Waals surface area (Å²) >= 11 is 0. The highest BCUT2D eigenvalue weighted by Gasteiger charge is 2.50. The molecule has 4 rings (SSSR count). The number of nitrogens with two attached hydrogens (primary N) is 1. The van der Waals surface area contributed by atoms with Crippen LogP contribution in [0.15, 0.2) is 24.3 Å². The van der Waals surface area contributed by atoms with E-state index in [0.717, 1.165) is 32.0 Å². The van der Waals surface area contributed by atoms with E-state index in [0.29, 0.717) is 17.4 Å². The van der Waals surface area contributed by atoms with Gasteiger partial charge in [-0.05, 0) is 67.5 Å². The minimum Gasteiger partial charge on any atom is -0.351 e. The third-order valence-electron chi connectivity index (χ3n) is 7.21. The Kier molecular flexibility index (Phi) is 4.72. The molecule has 26 heavy (non-hydrogen) atoms. The van der Waals surface area contributed by atoms with Crippen LogP contribution in [0.5, 0.6) is 0 Å². The summed E-state index contributed by atoms with van der Waals surface area (Å²) in [5, 5.41) is 0. The first-order chi connectivity index (χ1) is 12.5. The molecule has 0 bridgehead atoms. The number of rotatable bonds is 3. The minimum absolute atomic E-state index is 0.249. The molecular weight excluding hydrogens is 322 g/mol. The zero-order valence-electron chi connectivity index (χ0n) is 16.3. The first-order valence-corrected chi connectivity index (χ1v) is 10.4. The van der Waals surface area contributed by atoms with Gasteiger partial charge in [0.1, 0.15) is 0 Å². The molecule has 2 amide bonds. The van der Waals surface area contributed by atoms with Crippen LogP contribution < -0.4 is 5.73 Å². The molecule has 3 aliphatic rings. The monoisotopic (exact) mass is 355 g/mol. The average Bonchev–Trinajstić information content (AvgIpc) is 3.08. The fourth-order valence-corrected chi connectivity index (χ4v) is 5.68. The second kappa shape index (κ2) is 6.88. The standard InChI is InChI=1S/C22H33N3O/c1-16(2)18-6-3-4-7-19(18)20-8-5-11-25(20)17-14-22(15-17)9-12-24(13-10-22)21(23)26/h3-4,6-7,16-17,20H,5,8-15H2,1-2H3,(H2,23,26)/t20-/m0/s1. The van der Waals surface area contributed by atoms with Crippen molar-refractivity contribution < 1.29 is 4.79 Å². The van der Waals surface area contributed by atoms with Crippen molar-refractivity contribution in [2.24, 2.45) is 11.1 Å². The molecule has 4 heteroatoms. The molecule has 2 saturated heterocycles. The van der Waals surface area contributed by atoms with Crippen LogP contribution in [0.1, 0.15) is 75.5 Å². The van der Waals surface area contributed by atoms with Gasteiger partial charge in [-0.3, -0.25) is 4.90 Å². The summed E-state index contributed by atoms with van der Waals surface area (Å²) in [6, 6.07) is 10.1. The number of amides is 2. The van der Waals surface area contributed by atoms with Gasteiger partial charge in [0.15, 0.2) is 0 Å². The summed E-state index contributed by atoms with van der Waals surface area (Å²) in [5.41, 5.74) is 9.00. The Morgan fingerprint density at radius 2 is 1.85 bits per heavy atom.